The van der Waals surface area contributed by atoms with Gasteiger partial charge in [0.1, 0.15) is 5.58 Å². The Balaban J connectivity index is 2.08. The zero-order valence-corrected chi connectivity index (χ0v) is 12.5. The molecule has 0 saturated carbocycles. The molecule has 0 fully saturated rings. The molecule has 1 heterocycles. The Hall–Kier alpha value is -2.12. The largest absolute Gasteiger partial charge is 0.453 e. The van der Waals surface area contributed by atoms with E-state index in [-0.39, 0.29) is 5.78 Å². The van der Waals surface area contributed by atoms with Crippen molar-refractivity contribution in [3.8, 4) is 6.07 Å². The summed E-state index contributed by atoms with van der Waals surface area (Å²) in [6.45, 7) is 5.91. The maximum Gasteiger partial charge on any atom is 0.211 e. The maximum atomic E-state index is 12.4. The van der Waals surface area contributed by atoms with E-state index in [1.807, 2.05) is 29.2 Å². The smallest absolute Gasteiger partial charge is 0.211 e. The van der Waals surface area contributed by atoms with Crippen LogP contribution in [0.1, 0.15) is 30.8 Å². The molecule has 0 amide bonds. The number of carbonyl (C=O) groups excluding carboxylic acids is 1. The van der Waals surface area contributed by atoms with Gasteiger partial charge in [-0.05, 0) is 18.1 Å². The summed E-state index contributed by atoms with van der Waals surface area (Å²) in [7, 11) is 0. The molecule has 1 aromatic heterocycles. The highest BCUT2D eigenvalue weighted by atomic mass is 16.3. The number of carbonyl (C=O) groups is 1. The number of ketones is 1. The van der Waals surface area contributed by atoms with Crippen molar-refractivity contribution < 1.29 is 9.21 Å². The van der Waals surface area contributed by atoms with Crippen LogP contribution in [-0.4, -0.2) is 30.3 Å². The van der Waals surface area contributed by atoms with Crippen molar-refractivity contribution in [1.29, 1.82) is 5.26 Å². The third-order valence-electron chi connectivity index (χ3n) is 3.23. The fraction of sp³-hybridized carbons (Fsp3) is 0.412. The molecule has 21 heavy (non-hydrogen) atoms. The maximum absolute atomic E-state index is 12.4. The van der Waals surface area contributed by atoms with Gasteiger partial charge in [-0.3, -0.25) is 9.69 Å². The summed E-state index contributed by atoms with van der Waals surface area (Å²) in [4.78, 5) is 14.4. The van der Waals surface area contributed by atoms with E-state index in [1.54, 1.807) is 6.07 Å². The highest BCUT2D eigenvalue weighted by Gasteiger charge is 2.17. The van der Waals surface area contributed by atoms with E-state index in [9.17, 15) is 4.79 Å². The molecule has 0 aliphatic rings. The van der Waals surface area contributed by atoms with Crippen LogP contribution in [0, 0.1) is 17.2 Å². The Morgan fingerprint density at radius 2 is 2.14 bits per heavy atom. The Bertz CT molecular complexity index is 619. The molecular formula is C17H20N2O2. The van der Waals surface area contributed by atoms with Crippen LogP contribution in [0.25, 0.3) is 11.0 Å². The van der Waals surface area contributed by atoms with E-state index in [0.29, 0.717) is 31.2 Å². The molecule has 4 nitrogen and oxygen atoms in total. The highest BCUT2D eigenvalue weighted by Crippen LogP contribution is 2.19. The van der Waals surface area contributed by atoms with Crippen molar-refractivity contribution in [2.75, 3.05) is 19.6 Å². The Morgan fingerprint density at radius 1 is 1.38 bits per heavy atom. The van der Waals surface area contributed by atoms with Gasteiger partial charge in [-0.15, -0.1) is 0 Å². The lowest BCUT2D eigenvalue weighted by atomic mass is 10.2. The van der Waals surface area contributed by atoms with E-state index in [4.69, 9.17) is 9.68 Å². The molecule has 0 saturated heterocycles. The first-order valence-electron chi connectivity index (χ1n) is 7.21. The molecule has 0 aliphatic heterocycles. The van der Waals surface area contributed by atoms with Crippen molar-refractivity contribution in [1.82, 2.24) is 4.90 Å². The summed E-state index contributed by atoms with van der Waals surface area (Å²) in [5.41, 5.74) is 0.730. The van der Waals surface area contributed by atoms with E-state index >= 15 is 0 Å². The quantitative estimate of drug-likeness (QED) is 0.730. The van der Waals surface area contributed by atoms with E-state index in [1.165, 1.54) is 0 Å². The lowest BCUT2D eigenvalue weighted by Crippen LogP contribution is -2.33. The van der Waals surface area contributed by atoms with E-state index < -0.39 is 0 Å². The molecule has 2 rings (SSSR count). The number of Topliss-reactive ketones (excluding diaryl/α,β-unsaturated/α-hetero) is 1. The molecule has 0 radical (unpaired) electrons. The molecule has 0 aliphatic carbocycles. The number of rotatable bonds is 7. The van der Waals surface area contributed by atoms with E-state index in [2.05, 4.69) is 19.9 Å². The van der Waals surface area contributed by atoms with Crippen molar-refractivity contribution in [3.63, 3.8) is 0 Å². The minimum Gasteiger partial charge on any atom is -0.453 e. The lowest BCUT2D eigenvalue weighted by Gasteiger charge is -2.21. The number of hydrogen-bond donors (Lipinski definition) is 0. The summed E-state index contributed by atoms with van der Waals surface area (Å²) in [6.07, 6.45) is 0.431. The summed E-state index contributed by atoms with van der Waals surface area (Å²) in [5, 5.41) is 9.65. The normalized spacial score (nSPS) is 11.2. The molecule has 0 N–H and O–H groups in total. The number of para-hydroxylation sites is 1. The van der Waals surface area contributed by atoms with Crippen LogP contribution in [-0.2, 0) is 0 Å². The number of nitrogens with zero attached hydrogens (tertiary/aromatic N) is 2. The standard InChI is InChI=1S/C17H20N2O2/c1-13(2)11-19(9-5-8-18)12-15(20)17-10-14-6-3-4-7-16(14)21-17/h3-4,6-7,10,13H,5,9,11-12H2,1-2H3. The number of fused-ring (bicyclic) bond motifs is 1. The summed E-state index contributed by atoms with van der Waals surface area (Å²) >= 11 is 0. The molecule has 110 valence electrons. The molecule has 4 heteroatoms. The Labute approximate surface area is 125 Å². The van der Waals surface area contributed by atoms with Crippen LogP contribution >= 0.6 is 0 Å². The number of furan rings is 1. The minimum atomic E-state index is -0.0372. The molecular weight excluding hydrogens is 264 g/mol. The van der Waals surface area contributed by atoms with Gasteiger partial charge in [0, 0.05) is 24.9 Å². The van der Waals surface area contributed by atoms with Crippen molar-refractivity contribution in [3.05, 3.63) is 36.1 Å². The van der Waals surface area contributed by atoms with Crippen LogP contribution < -0.4 is 0 Å². The van der Waals surface area contributed by atoms with Gasteiger partial charge >= 0.3 is 0 Å². The van der Waals surface area contributed by atoms with Crippen LogP contribution in [0.15, 0.2) is 34.7 Å². The van der Waals surface area contributed by atoms with Crippen molar-refractivity contribution >= 4 is 16.8 Å². The SMILES string of the molecule is CC(C)CN(CCC#N)CC(=O)c1cc2ccccc2o1. The second kappa shape index (κ2) is 7.05. The second-order valence-corrected chi connectivity index (χ2v) is 5.61. The van der Waals surface area contributed by atoms with E-state index in [0.717, 1.165) is 17.5 Å². The van der Waals surface area contributed by atoms with Crippen LogP contribution in [0.2, 0.25) is 0 Å². The van der Waals surface area contributed by atoms with Crippen LogP contribution in [0.4, 0.5) is 0 Å². The van der Waals surface area contributed by atoms with Gasteiger partial charge in [0.25, 0.3) is 0 Å². The van der Waals surface area contributed by atoms with Gasteiger partial charge in [0.15, 0.2) is 5.76 Å². The summed E-state index contributed by atoms with van der Waals surface area (Å²) < 4.78 is 5.60. The first kappa shape index (κ1) is 15.3. The highest BCUT2D eigenvalue weighted by molar-refractivity contribution is 5.98. The zero-order valence-electron chi connectivity index (χ0n) is 12.5. The van der Waals surface area contributed by atoms with Gasteiger partial charge in [-0.1, -0.05) is 32.0 Å². The zero-order chi connectivity index (χ0) is 15.2. The number of nitriles is 1. The fourth-order valence-electron chi connectivity index (χ4n) is 2.36. The second-order valence-electron chi connectivity index (χ2n) is 5.61. The van der Waals surface area contributed by atoms with Crippen LogP contribution in [0.5, 0.6) is 0 Å². The van der Waals surface area contributed by atoms with Gasteiger partial charge in [-0.25, -0.2) is 0 Å². The van der Waals surface area contributed by atoms with Gasteiger partial charge in [0.05, 0.1) is 12.6 Å². The average Bonchev–Trinajstić information content (AvgIpc) is 2.88. The monoisotopic (exact) mass is 284 g/mol. The van der Waals surface area contributed by atoms with Crippen molar-refractivity contribution in [2.24, 2.45) is 5.92 Å². The third kappa shape index (κ3) is 4.17. The Kier molecular flexibility index (Phi) is 5.13. The molecule has 0 spiro atoms. The predicted octanol–water partition coefficient (Wildman–Crippen LogP) is 3.49. The number of hydrogen-bond acceptors (Lipinski definition) is 4. The summed E-state index contributed by atoms with van der Waals surface area (Å²) in [6, 6.07) is 11.5. The molecule has 1 aromatic carbocycles. The Morgan fingerprint density at radius 3 is 2.81 bits per heavy atom. The molecule has 2 aromatic rings. The predicted molar refractivity (Wildman–Crippen MR) is 82.1 cm³/mol. The topological polar surface area (TPSA) is 57.2 Å². The molecule has 0 unspecified atom stereocenters. The summed E-state index contributed by atoms with van der Waals surface area (Å²) in [5.74, 6) is 0.805. The molecule has 0 bridgehead atoms. The van der Waals surface area contributed by atoms with Gasteiger partial charge in [-0.2, -0.15) is 5.26 Å². The first-order chi connectivity index (χ1) is 10.1. The molecule has 0 atom stereocenters. The van der Waals surface area contributed by atoms with Gasteiger partial charge < -0.3 is 4.42 Å². The average molecular weight is 284 g/mol. The fourth-order valence-corrected chi connectivity index (χ4v) is 2.36. The first-order valence-corrected chi connectivity index (χ1v) is 7.21. The van der Waals surface area contributed by atoms with Crippen LogP contribution in [0.3, 0.4) is 0 Å². The number of benzene rings is 1. The lowest BCUT2D eigenvalue weighted by molar-refractivity contribution is 0.0898. The third-order valence-corrected chi connectivity index (χ3v) is 3.23. The van der Waals surface area contributed by atoms with Crippen molar-refractivity contribution in [2.45, 2.75) is 20.3 Å². The minimum absolute atomic E-state index is 0.0372. The van der Waals surface area contributed by atoms with Gasteiger partial charge in [0.2, 0.25) is 5.78 Å².